The van der Waals surface area contributed by atoms with E-state index in [9.17, 15) is 19.5 Å². The Morgan fingerprint density at radius 2 is 1.72 bits per heavy atom. The van der Waals surface area contributed by atoms with Gasteiger partial charge in [-0.25, -0.2) is 14.4 Å². The molecular weight excluding hydrogens is 328 g/mol. The van der Waals surface area contributed by atoms with E-state index in [0.29, 0.717) is 0 Å². The van der Waals surface area contributed by atoms with Gasteiger partial charge in [0.25, 0.3) is 5.79 Å². The second kappa shape index (κ2) is 6.23. The predicted octanol–water partition coefficient (Wildman–Crippen LogP) is 2.57. The van der Waals surface area contributed by atoms with Crippen molar-refractivity contribution in [3.8, 4) is 5.75 Å². The van der Waals surface area contributed by atoms with Gasteiger partial charge in [0.2, 0.25) is 0 Å². The molecule has 1 heterocycles. The predicted molar refractivity (Wildman–Crippen MR) is 87.5 cm³/mol. The number of rotatable bonds is 2. The normalized spacial score (nSPS) is 16.8. The molecule has 1 aliphatic rings. The van der Waals surface area contributed by atoms with Crippen LogP contribution >= 0.6 is 0 Å². The van der Waals surface area contributed by atoms with E-state index in [1.165, 1.54) is 32.0 Å². The number of cyclic esters (lactones) is 2. The lowest BCUT2D eigenvalue weighted by atomic mass is 10.1. The lowest BCUT2D eigenvalue weighted by Crippen LogP contribution is -2.41. The van der Waals surface area contributed by atoms with E-state index in [4.69, 9.17) is 14.2 Å². The molecule has 0 radical (unpaired) electrons. The van der Waals surface area contributed by atoms with Crippen LogP contribution in [0.2, 0.25) is 0 Å². The number of carbonyl (C=O) groups is 3. The van der Waals surface area contributed by atoms with Gasteiger partial charge in [0.1, 0.15) is 16.9 Å². The van der Waals surface area contributed by atoms with E-state index in [1.54, 1.807) is 20.8 Å². The molecule has 25 heavy (non-hydrogen) atoms. The number of carbonyl (C=O) groups excluding carboxylic acids is 3. The number of hydrogen-bond donors (Lipinski definition) is 1. The van der Waals surface area contributed by atoms with Crippen molar-refractivity contribution in [2.75, 3.05) is 0 Å². The van der Waals surface area contributed by atoms with Gasteiger partial charge in [-0.1, -0.05) is 0 Å². The lowest BCUT2D eigenvalue weighted by Gasteiger charge is -2.29. The van der Waals surface area contributed by atoms with Gasteiger partial charge in [-0.2, -0.15) is 0 Å². The first-order valence-electron chi connectivity index (χ1n) is 7.63. The molecule has 0 amide bonds. The molecule has 2 rings (SSSR count). The summed E-state index contributed by atoms with van der Waals surface area (Å²) in [6.45, 7) is 8.04. The Labute approximate surface area is 145 Å². The van der Waals surface area contributed by atoms with Crippen molar-refractivity contribution in [2.24, 2.45) is 0 Å². The monoisotopic (exact) mass is 348 g/mol. The van der Waals surface area contributed by atoms with Crippen molar-refractivity contribution in [2.45, 2.75) is 46.0 Å². The van der Waals surface area contributed by atoms with Gasteiger partial charge in [0, 0.05) is 19.4 Å². The van der Waals surface area contributed by atoms with Crippen LogP contribution < -0.4 is 0 Å². The van der Waals surface area contributed by atoms with E-state index in [0.717, 1.165) is 6.08 Å². The van der Waals surface area contributed by atoms with Crippen molar-refractivity contribution in [1.82, 2.24) is 0 Å². The number of phenols is 1. The maximum atomic E-state index is 12.1. The minimum Gasteiger partial charge on any atom is -0.507 e. The molecular formula is C18H20O7. The SMILES string of the molecule is CC(C)(C)OC(=O)c1ccc(O)c(C=C2C(=O)OC(C)(C)OC2=O)c1. The number of hydrogen-bond acceptors (Lipinski definition) is 7. The number of benzene rings is 1. The fourth-order valence-electron chi connectivity index (χ4n) is 2.07. The summed E-state index contributed by atoms with van der Waals surface area (Å²) in [6, 6.07) is 3.97. The van der Waals surface area contributed by atoms with Crippen LogP contribution in [0.1, 0.15) is 50.5 Å². The second-order valence-corrected chi connectivity index (χ2v) is 7.01. The van der Waals surface area contributed by atoms with Crippen LogP contribution in [-0.4, -0.2) is 34.4 Å². The molecule has 0 unspecified atom stereocenters. The van der Waals surface area contributed by atoms with Crippen LogP contribution in [-0.2, 0) is 23.8 Å². The minimum atomic E-state index is -1.36. The third-order valence-electron chi connectivity index (χ3n) is 3.08. The number of phenolic OH excluding ortho intramolecular Hbond substituents is 1. The molecule has 0 atom stereocenters. The smallest absolute Gasteiger partial charge is 0.348 e. The largest absolute Gasteiger partial charge is 0.507 e. The zero-order valence-electron chi connectivity index (χ0n) is 14.7. The Morgan fingerprint density at radius 1 is 1.16 bits per heavy atom. The first-order chi connectivity index (χ1) is 11.4. The topological polar surface area (TPSA) is 99.1 Å². The molecule has 7 nitrogen and oxygen atoms in total. The van der Waals surface area contributed by atoms with Gasteiger partial charge in [-0.15, -0.1) is 0 Å². The number of aromatic hydroxyl groups is 1. The number of ether oxygens (including phenoxy) is 3. The van der Waals surface area contributed by atoms with E-state index >= 15 is 0 Å². The van der Waals surface area contributed by atoms with Crippen LogP contribution in [0.3, 0.4) is 0 Å². The van der Waals surface area contributed by atoms with E-state index in [1.807, 2.05) is 0 Å². The Balaban J connectivity index is 2.37. The minimum absolute atomic E-state index is 0.0898. The third kappa shape index (κ3) is 4.59. The highest BCUT2D eigenvalue weighted by Gasteiger charge is 2.39. The summed E-state index contributed by atoms with van der Waals surface area (Å²) in [6.07, 6.45) is 1.11. The third-order valence-corrected chi connectivity index (χ3v) is 3.08. The molecule has 1 aromatic rings. The zero-order chi connectivity index (χ0) is 19.0. The van der Waals surface area contributed by atoms with Gasteiger partial charge in [0.05, 0.1) is 5.56 Å². The van der Waals surface area contributed by atoms with E-state index in [2.05, 4.69) is 0 Å². The average molecular weight is 348 g/mol. The van der Waals surface area contributed by atoms with Crippen molar-refractivity contribution >= 4 is 24.0 Å². The molecule has 134 valence electrons. The standard InChI is InChI=1S/C18H20O7/c1-17(2,3)23-14(20)10-6-7-13(19)11(8-10)9-12-15(21)24-18(4,5)25-16(12)22/h6-9,19H,1-5H3. The van der Waals surface area contributed by atoms with Gasteiger partial charge in [-0.3, -0.25) is 0 Å². The quantitative estimate of drug-likeness (QED) is 0.498. The summed E-state index contributed by atoms with van der Waals surface area (Å²) in [5, 5.41) is 9.95. The zero-order valence-corrected chi connectivity index (χ0v) is 14.7. The molecule has 1 aliphatic heterocycles. The van der Waals surface area contributed by atoms with E-state index in [-0.39, 0.29) is 22.4 Å². The van der Waals surface area contributed by atoms with Crippen molar-refractivity contribution in [3.05, 3.63) is 34.9 Å². The summed E-state index contributed by atoms with van der Waals surface area (Å²) in [7, 11) is 0. The van der Waals surface area contributed by atoms with Gasteiger partial charge < -0.3 is 19.3 Å². The number of esters is 3. The van der Waals surface area contributed by atoms with E-state index < -0.39 is 29.3 Å². The maximum absolute atomic E-state index is 12.1. The van der Waals surface area contributed by atoms with Crippen LogP contribution in [0, 0.1) is 0 Å². The first kappa shape index (κ1) is 18.5. The highest BCUT2D eigenvalue weighted by Crippen LogP contribution is 2.27. The fraction of sp³-hybridized carbons (Fsp3) is 0.389. The molecule has 0 saturated carbocycles. The molecule has 7 heteroatoms. The summed E-state index contributed by atoms with van der Waals surface area (Å²) in [5.41, 5.74) is -0.809. The summed E-state index contributed by atoms with van der Waals surface area (Å²) >= 11 is 0. The highest BCUT2D eigenvalue weighted by molar-refractivity contribution is 6.19. The van der Waals surface area contributed by atoms with Crippen LogP contribution in [0.5, 0.6) is 5.75 Å². The summed E-state index contributed by atoms with van der Waals surface area (Å²) in [4.78, 5) is 36.1. The molecule has 1 fully saturated rings. The molecule has 0 aromatic heterocycles. The van der Waals surface area contributed by atoms with Crippen LogP contribution in [0.25, 0.3) is 6.08 Å². The first-order valence-corrected chi connectivity index (χ1v) is 7.63. The van der Waals surface area contributed by atoms with Crippen molar-refractivity contribution < 1.29 is 33.7 Å². The lowest BCUT2D eigenvalue weighted by molar-refractivity contribution is -0.222. The van der Waals surface area contributed by atoms with Crippen molar-refractivity contribution in [1.29, 1.82) is 0 Å². The highest BCUT2D eigenvalue weighted by atomic mass is 16.7. The molecule has 0 aliphatic carbocycles. The van der Waals surface area contributed by atoms with Gasteiger partial charge in [-0.05, 0) is 45.0 Å². The Morgan fingerprint density at radius 3 is 2.24 bits per heavy atom. The summed E-state index contributed by atoms with van der Waals surface area (Å²) < 4.78 is 15.2. The molecule has 1 N–H and O–H groups in total. The van der Waals surface area contributed by atoms with Crippen molar-refractivity contribution in [3.63, 3.8) is 0 Å². The average Bonchev–Trinajstić information content (AvgIpc) is 2.41. The molecule has 1 saturated heterocycles. The van der Waals surface area contributed by atoms with Gasteiger partial charge >= 0.3 is 17.9 Å². The van der Waals surface area contributed by atoms with Crippen LogP contribution in [0.15, 0.2) is 23.8 Å². The molecule has 1 aromatic carbocycles. The second-order valence-electron chi connectivity index (χ2n) is 7.01. The van der Waals surface area contributed by atoms with Crippen LogP contribution in [0.4, 0.5) is 0 Å². The Kier molecular flexibility index (Phi) is 4.61. The fourth-order valence-corrected chi connectivity index (χ4v) is 2.07. The Hall–Kier alpha value is -2.83. The van der Waals surface area contributed by atoms with Gasteiger partial charge in [0.15, 0.2) is 0 Å². The molecule has 0 bridgehead atoms. The maximum Gasteiger partial charge on any atom is 0.348 e. The molecule has 0 spiro atoms. The Bertz CT molecular complexity index is 744. The summed E-state index contributed by atoms with van der Waals surface area (Å²) in [5.74, 6) is -3.91.